The monoisotopic (exact) mass is 456 g/mol. The Kier molecular flexibility index (Phi) is 7.76. The molecule has 3 aromatic carbocycles. The zero-order valence-electron chi connectivity index (χ0n) is 18.1. The zero-order chi connectivity index (χ0) is 24.5. The van der Waals surface area contributed by atoms with Gasteiger partial charge in [0.15, 0.2) is 11.5 Å². The summed E-state index contributed by atoms with van der Waals surface area (Å²) >= 11 is 0. The van der Waals surface area contributed by atoms with E-state index in [1.165, 1.54) is 36.4 Å². The van der Waals surface area contributed by atoms with Crippen molar-refractivity contribution in [1.82, 2.24) is 0 Å². The minimum Gasteiger partial charge on any atom is -0.490 e. The van der Waals surface area contributed by atoms with E-state index in [0.29, 0.717) is 23.4 Å². The van der Waals surface area contributed by atoms with E-state index < -0.39 is 17.8 Å². The molecule has 0 aliphatic carbocycles. The average Bonchev–Trinajstić information content (AvgIpc) is 2.85. The number of anilines is 1. The predicted molar refractivity (Wildman–Crippen MR) is 125 cm³/mol. The normalized spacial score (nSPS) is 10.6. The quantitative estimate of drug-likeness (QED) is 0.220. The third kappa shape index (κ3) is 6.08. The summed E-state index contributed by atoms with van der Waals surface area (Å²) in [7, 11) is 0. The first-order valence-electron chi connectivity index (χ1n) is 10.2. The molecule has 0 saturated heterocycles. The highest BCUT2D eigenvalue weighted by atomic mass is 16.6. The summed E-state index contributed by atoms with van der Waals surface area (Å²) in [4.78, 5) is 35.9. The van der Waals surface area contributed by atoms with E-state index in [9.17, 15) is 19.6 Å². The number of esters is 1. The van der Waals surface area contributed by atoms with Crippen molar-refractivity contribution in [2.45, 2.75) is 6.92 Å². The summed E-state index contributed by atoms with van der Waals surface area (Å²) in [5, 5.41) is 21.0. The number of carbonyl (C=O) groups is 3. The molecule has 3 rings (SSSR count). The predicted octanol–water partition coefficient (Wildman–Crippen LogP) is 4.55. The van der Waals surface area contributed by atoms with Gasteiger partial charge in [-0.15, -0.1) is 0 Å². The first-order valence-corrected chi connectivity index (χ1v) is 10.2. The van der Waals surface area contributed by atoms with E-state index >= 15 is 0 Å². The van der Waals surface area contributed by atoms with Crippen LogP contribution in [0.2, 0.25) is 0 Å². The maximum atomic E-state index is 12.5. The van der Waals surface area contributed by atoms with Crippen LogP contribution in [-0.2, 0) is 4.79 Å². The van der Waals surface area contributed by atoms with Crippen LogP contribution in [0, 0.1) is 11.3 Å². The van der Waals surface area contributed by atoms with Gasteiger partial charge < -0.3 is 19.9 Å². The Morgan fingerprint density at radius 1 is 0.971 bits per heavy atom. The number of nitrogens with one attached hydrogen (secondary N) is 1. The Labute approximate surface area is 195 Å². The third-order valence-corrected chi connectivity index (χ3v) is 4.55. The molecule has 8 heteroatoms. The lowest BCUT2D eigenvalue weighted by molar-refractivity contribution is -0.112. The van der Waals surface area contributed by atoms with Crippen LogP contribution in [0.3, 0.4) is 0 Å². The number of nitrogens with zero attached hydrogens (tertiary/aromatic N) is 1. The van der Waals surface area contributed by atoms with Crippen molar-refractivity contribution >= 4 is 29.6 Å². The first kappa shape index (κ1) is 23.8. The van der Waals surface area contributed by atoms with Crippen molar-refractivity contribution < 1.29 is 29.0 Å². The Balaban J connectivity index is 1.80. The first-order chi connectivity index (χ1) is 16.4. The maximum absolute atomic E-state index is 12.5. The summed E-state index contributed by atoms with van der Waals surface area (Å²) < 4.78 is 11.0. The van der Waals surface area contributed by atoms with Crippen LogP contribution in [-0.4, -0.2) is 29.6 Å². The van der Waals surface area contributed by atoms with E-state index in [2.05, 4.69) is 5.32 Å². The molecule has 0 saturated carbocycles. The molecule has 0 heterocycles. The SMILES string of the molecule is CCOc1cc(/C=C(\C#N)C(=O)Nc2ccc(C(=O)O)cc2)ccc1OC(=O)c1ccccc1. The molecule has 3 aromatic rings. The number of hydrogen-bond acceptors (Lipinski definition) is 6. The summed E-state index contributed by atoms with van der Waals surface area (Å²) in [5.41, 5.74) is 1.10. The molecule has 2 N–H and O–H groups in total. The van der Waals surface area contributed by atoms with Crippen molar-refractivity contribution in [1.29, 1.82) is 5.26 Å². The average molecular weight is 456 g/mol. The van der Waals surface area contributed by atoms with Gasteiger partial charge in [0, 0.05) is 5.69 Å². The molecule has 8 nitrogen and oxygen atoms in total. The zero-order valence-corrected chi connectivity index (χ0v) is 18.1. The minimum absolute atomic E-state index is 0.0746. The van der Waals surface area contributed by atoms with Gasteiger partial charge in [-0.1, -0.05) is 24.3 Å². The number of amides is 1. The second-order valence-corrected chi connectivity index (χ2v) is 6.90. The van der Waals surface area contributed by atoms with Crippen LogP contribution >= 0.6 is 0 Å². The van der Waals surface area contributed by atoms with Crippen LogP contribution in [0.25, 0.3) is 6.08 Å². The highest BCUT2D eigenvalue weighted by Gasteiger charge is 2.15. The molecule has 0 radical (unpaired) electrons. The molecule has 0 aromatic heterocycles. The Bertz CT molecular complexity index is 1270. The lowest BCUT2D eigenvalue weighted by Crippen LogP contribution is -2.13. The number of rotatable bonds is 8. The summed E-state index contributed by atoms with van der Waals surface area (Å²) in [6.45, 7) is 2.08. The number of carbonyl (C=O) groups excluding carboxylic acids is 2. The van der Waals surface area contributed by atoms with Gasteiger partial charge in [-0.2, -0.15) is 5.26 Å². The molecular weight excluding hydrogens is 436 g/mol. The minimum atomic E-state index is -1.08. The van der Waals surface area contributed by atoms with Gasteiger partial charge in [-0.25, -0.2) is 9.59 Å². The summed E-state index contributed by atoms with van der Waals surface area (Å²) in [6.07, 6.45) is 1.37. The highest BCUT2D eigenvalue weighted by molar-refractivity contribution is 6.09. The number of benzene rings is 3. The second kappa shape index (κ2) is 11.1. The van der Waals surface area contributed by atoms with E-state index in [1.54, 1.807) is 49.4 Å². The van der Waals surface area contributed by atoms with E-state index in [1.807, 2.05) is 6.07 Å². The number of ether oxygens (including phenoxy) is 2. The van der Waals surface area contributed by atoms with Gasteiger partial charge in [0.1, 0.15) is 11.6 Å². The summed E-state index contributed by atoms with van der Waals surface area (Å²) in [6, 6.07) is 20.6. The fourth-order valence-corrected chi connectivity index (χ4v) is 2.91. The van der Waals surface area contributed by atoms with Crippen molar-refractivity contribution in [2.75, 3.05) is 11.9 Å². The van der Waals surface area contributed by atoms with Crippen LogP contribution in [0.1, 0.15) is 33.2 Å². The van der Waals surface area contributed by atoms with Crippen molar-refractivity contribution in [3.63, 3.8) is 0 Å². The largest absolute Gasteiger partial charge is 0.490 e. The maximum Gasteiger partial charge on any atom is 0.343 e. The molecule has 0 unspecified atom stereocenters. The number of nitriles is 1. The molecule has 0 atom stereocenters. The molecule has 0 fully saturated rings. The van der Waals surface area contributed by atoms with Gasteiger partial charge in [0.25, 0.3) is 5.91 Å². The van der Waals surface area contributed by atoms with Gasteiger partial charge in [0.05, 0.1) is 17.7 Å². The number of hydrogen-bond donors (Lipinski definition) is 2. The lowest BCUT2D eigenvalue weighted by atomic mass is 10.1. The Morgan fingerprint density at radius 3 is 2.29 bits per heavy atom. The van der Waals surface area contributed by atoms with Crippen LogP contribution in [0.15, 0.2) is 78.4 Å². The van der Waals surface area contributed by atoms with Crippen molar-refractivity contribution in [3.8, 4) is 17.6 Å². The molecule has 0 spiro atoms. The number of aromatic carboxylic acids is 1. The van der Waals surface area contributed by atoms with E-state index in [-0.39, 0.29) is 22.6 Å². The molecular formula is C26H20N2O6. The van der Waals surface area contributed by atoms with Gasteiger partial charge >= 0.3 is 11.9 Å². The fraction of sp³-hybridized carbons (Fsp3) is 0.0769. The van der Waals surface area contributed by atoms with E-state index in [0.717, 1.165) is 0 Å². The molecule has 0 bridgehead atoms. The third-order valence-electron chi connectivity index (χ3n) is 4.55. The molecule has 1 amide bonds. The molecule has 34 heavy (non-hydrogen) atoms. The molecule has 0 aliphatic heterocycles. The van der Waals surface area contributed by atoms with Crippen LogP contribution in [0.4, 0.5) is 5.69 Å². The standard InChI is InChI=1S/C26H20N2O6/c1-2-33-23-15-17(8-13-22(23)34-26(32)19-6-4-3-5-7-19)14-20(16-27)24(29)28-21-11-9-18(10-12-21)25(30)31/h3-15H,2H2,1H3,(H,28,29)(H,30,31)/b20-14+. The fourth-order valence-electron chi connectivity index (χ4n) is 2.91. The van der Waals surface area contributed by atoms with Crippen LogP contribution in [0.5, 0.6) is 11.5 Å². The summed E-state index contributed by atoms with van der Waals surface area (Å²) in [5.74, 6) is -1.81. The van der Waals surface area contributed by atoms with Crippen molar-refractivity contribution in [2.24, 2.45) is 0 Å². The Morgan fingerprint density at radius 2 is 1.68 bits per heavy atom. The highest BCUT2D eigenvalue weighted by Crippen LogP contribution is 2.30. The second-order valence-electron chi connectivity index (χ2n) is 6.90. The number of carboxylic acids is 1. The van der Waals surface area contributed by atoms with Gasteiger partial charge in [0.2, 0.25) is 0 Å². The molecule has 0 aliphatic rings. The smallest absolute Gasteiger partial charge is 0.343 e. The van der Waals surface area contributed by atoms with E-state index in [4.69, 9.17) is 14.6 Å². The Hall–Kier alpha value is -4.90. The van der Waals surface area contributed by atoms with Gasteiger partial charge in [-0.05, 0) is 67.1 Å². The van der Waals surface area contributed by atoms with Gasteiger partial charge in [-0.3, -0.25) is 4.79 Å². The van der Waals surface area contributed by atoms with Crippen molar-refractivity contribution in [3.05, 3.63) is 95.1 Å². The van der Waals surface area contributed by atoms with Crippen LogP contribution < -0.4 is 14.8 Å². The topological polar surface area (TPSA) is 126 Å². The molecule has 170 valence electrons. The lowest BCUT2D eigenvalue weighted by Gasteiger charge is -2.12. The number of carboxylic acid groups (broad SMARTS) is 1.